The summed E-state index contributed by atoms with van der Waals surface area (Å²) in [7, 11) is 1.74. The third-order valence-corrected chi connectivity index (χ3v) is 6.05. The Kier molecular flexibility index (Phi) is 7.07. The van der Waals surface area contributed by atoms with E-state index >= 15 is 0 Å². The van der Waals surface area contributed by atoms with Gasteiger partial charge in [-0.2, -0.15) is 0 Å². The fourth-order valence-electron chi connectivity index (χ4n) is 3.13. The summed E-state index contributed by atoms with van der Waals surface area (Å²) in [6.07, 6.45) is 1.05. The first-order valence-corrected chi connectivity index (χ1v) is 9.65. The van der Waals surface area contributed by atoms with Gasteiger partial charge in [0.25, 0.3) is 0 Å². The van der Waals surface area contributed by atoms with Gasteiger partial charge in [0.2, 0.25) is 0 Å². The maximum Gasteiger partial charge on any atom is 0.317 e. The van der Waals surface area contributed by atoms with Crippen LogP contribution in [0.1, 0.15) is 32.1 Å². The van der Waals surface area contributed by atoms with Crippen molar-refractivity contribution in [3.05, 3.63) is 22.4 Å². The van der Waals surface area contributed by atoms with Crippen molar-refractivity contribution in [1.82, 2.24) is 15.1 Å². The van der Waals surface area contributed by atoms with Crippen LogP contribution in [-0.4, -0.2) is 68.3 Å². The number of piperazine rings is 1. The van der Waals surface area contributed by atoms with Gasteiger partial charge >= 0.3 is 6.03 Å². The summed E-state index contributed by atoms with van der Waals surface area (Å²) < 4.78 is 5.19. The van der Waals surface area contributed by atoms with Gasteiger partial charge in [0.1, 0.15) is 0 Å². The average molecular weight is 354 g/mol. The predicted molar refractivity (Wildman–Crippen MR) is 99.8 cm³/mol. The molecular weight excluding hydrogens is 322 g/mol. The SMILES string of the molecule is CCC1CN(C(=O)NCC(C)(C)c2cccs2)CCN1CCOC. The van der Waals surface area contributed by atoms with Gasteiger partial charge in [-0.1, -0.05) is 26.8 Å². The number of methoxy groups -OCH3 is 1. The lowest BCUT2D eigenvalue weighted by molar-refractivity contribution is 0.0622. The van der Waals surface area contributed by atoms with Gasteiger partial charge in [-0.3, -0.25) is 4.90 Å². The Morgan fingerprint density at radius 2 is 2.25 bits per heavy atom. The Hall–Kier alpha value is -1.11. The van der Waals surface area contributed by atoms with E-state index in [0.717, 1.165) is 39.2 Å². The Labute approximate surface area is 150 Å². The van der Waals surface area contributed by atoms with Crippen LogP contribution in [-0.2, 0) is 10.2 Å². The molecule has 5 nitrogen and oxygen atoms in total. The van der Waals surface area contributed by atoms with Gasteiger partial charge in [0.15, 0.2) is 0 Å². The number of ether oxygens (including phenoxy) is 1. The Morgan fingerprint density at radius 1 is 1.46 bits per heavy atom. The fraction of sp³-hybridized carbons (Fsp3) is 0.722. The number of carbonyl (C=O) groups is 1. The van der Waals surface area contributed by atoms with E-state index in [1.54, 1.807) is 18.4 Å². The van der Waals surface area contributed by atoms with Crippen molar-refractivity contribution in [1.29, 1.82) is 0 Å². The molecule has 136 valence electrons. The van der Waals surface area contributed by atoms with E-state index in [0.29, 0.717) is 12.6 Å². The lowest BCUT2D eigenvalue weighted by Gasteiger charge is -2.41. The summed E-state index contributed by atoms with van der Waals surface area (Å²) in [4.78, 5) is 18.3. The normalized spacial score (nSPS) is 19.5. The molecule has 2 rings (SSSR count). The van der Waals surface area contributed by atoms with Crippen LogP contribution in [0.15, 0.2) is 17.5 Å². The van der Waals surface area contributed by atoms with Crippen LogP contribution in [0, 0.1) is 0 Å². The molecule has 0 aromatic carbocycles. The molecule has 2 heterocycles. The Morgan fingerprint density at radius 3 is 2.88 bits per heavy atom. The first kappa shape index (κ1) is 19.2. The molecule has 1 saturated heterocycles. The zero-order chi connectivity index (χ0) is 17.6. The molecule has 1 fully saturated rings. The smallest absolute Gasteiger partial charge is 0.317 e. The quantitative estimate of drug-likeness (QED) is 0.820. The molecule has 2 amide bonds. The monoisotopic (exact) mass is 353 g/mol. The van der Waals surface area contributed by atoms with Crippen LogP contribution in [0.25, 0.3) is 0 Å². The summed E-state index contributed by atoms with van der Waals surface area (Å²) in [6, 6.07) is 4.68. The number of rotatable bonds is 7. The van der Waals surface area contributed by atoms with E-state index in [4.69, 9.17) is 4.74 Å². The van der Waals surface area contributed by atoms with Crippen molar-refractivity contribution in [2.75, 3.05) is 46.4 Å². The van der Waals surface area contributed by atoms with Crippen LogP contribution in [0.2, 0.25) is 0 Å². The highest BCUT2D eigenvalue weighted by atomic mass is 32.1. The van der Waals surface area contributed by atoms with Gasteiger partial charge in [-0.25, -0.2) is 4.79 Å². The molecule has 1 aliphatic heterocycles. The second kappa shape index (κ2) is 8.83. The number of thiophene rings is 1. The van der Waals surface area contributed by atoms with Gasteiger partial charge < -0.3 is 15.0 Å². The first-order chi connectivity index (χ1) is 11.5. The van der Waals surface area contributed by atoms with E-state index in [-0.39, 0.29) is 11.4 Å². The highest BCUT2D eigenvalue weighted by molar-refractivity contribution is 7.10. The zero-order valence-electron chi connectivity index (χ0n) is 15.4. The molecule has 0 spiro atoms. The van der Waals surface area contributed by atoms with Crippen molar-refractivity contribution >= 4 is 17.4 Å². The summed E-state index contributed by atoms with van der Waals surface area (Å²) in [6.45, 7) is 11.4. The predicted octanol–water partition coefficient (Wildman–Crippen LogP) is 2.78. The summed E-state index contributed by atoms with van der Waals surface area (Å²) in [5.41, 5.74) is -0.0335. The van der Waals surface area contributed by atoms with Crippen LogP contribution in [0.5, 0.6) is 0 Å². The van der Waals surface area contributed by atoms with Gasteiger partial charge in [0.05, 0.1) is 6.61 Å². The number of urea groups is 1. The van der Waals surface area contributed by atoms with E-state index in [2.05, 4.69) is 48.5 Å². The molecule has 6 heteroatoms. The van der Waals surface area contributed by atoms with Gasteiger partial charge in [0, 0.05) is 56.2 Å². The molecular formula is C18H31N3O2S. The molecule has 1 unspecified atom stereocenters. The number of nitrogens with zero attached hydrogens (tertiary/aromatic N) is 2. The van der Waals surface area contributed by atoms with Gasteiger partial charge in [-0.05, 0) is 17.9 Å². The number of amides is 2. The maximum absolute atomic E-state index is 12.6. The van der Waals surface area contributed by atoms with Crippen LogP contribution in [0.3, 0.4) is 0 Å². The zero-order valence-corrected chi connectivity index (χ0v) is 16.2. The second-order valence-corrected chi connectivity index (χ2v) is 8.00. The van der Waals surface area contributed by atoms with Crippen molar-refractivity contribution in [3.63, 3.8) is 0 Å². The molecule has 1 aromatic rings. The highest BCUT2D eigenvalue weighted by Gasteiger charge is 2.29. The maximum atomic E-state index is 12.6. The molecule has 1 atom stereocenters. The standard InChI is InChI=1S/C18H31N3O2S/c1-5-15-13-21(9-8-20(15)10-11-23-4)17(22)19-14-18(2,3)16-7-6-12-24-16/h6-7,12,15H,5,8-11,13-14H2,1-4H3,(H,19,22). The topological polar surface area (TPSA) is 44.8 Å². The summed E-state index contributed by atoms with van der Waals surface area (Å²) >= 11 is 1.75. The third kappa shape index (κ3) is 4.94. The second-order valence-electron chi connectivity index (χ2n) is 7.06. The average Bonchev–Trinajstić information content (AvgIpc) is 3.13. The van der Waals surface area contributed by atoms with E-state index < -0.39 is 0 Å². The number of hydrogen-bond acceptors (Lipinski definition) is 4. The molecule has 0 bridgehead atoms. The fourth-order valence-corrected chi connectivity index (χ4v) is 3.98. The highest BCUT2D eigenvalue weighted by Crippen LogP contribution is 2.26. The number of hydrogen-bond donors (Lipinski definition) is 1. The lowest BCUT2D eigenvalue weighted by atomic mass is 9.91. The van der Waals surface area contributed by atoms with E-state index in [1.807, 2.05) is 4.90 Å². The van der Waals surface area contributed by atoms with Crippen LogP contribution < -0.4 is 5.32 Å². The Balaban J connectivity index is 1.85. The minimum Gasteiger partial charge on any atom is -0.383 e. The van der Waals surface area contributed by atoms with Crippen molar-refractivity contribution < 1.29 is 9.53 Å². The molecule has 1 aromatic heterocycles. The van der Waals surface area contributed by atoms with Crippen LogP contribution in [0.4, 0.5) is 4.79 Å². The van der Waals surface area contributed by atoms with Crippen molar-refractivity contribution in [3.8, 4) is 0 Å². The largest absolute Gasteiger partial charge is 0.383 e. The minimum absolute atomic E-state index is 0.0335. The minimum atomic E-state index is -0.0335. The third-order valence-electron chi connectivity index (χ3n) is 4.82. The van der Waals surface area contributed by atoms with Crippen molar-refractivity contribution in [2.24, 2.45) is 0 Å². The summed E-state index contributed by atoms with van der Waals surface area (Å²) in [5, 5.41) is 5.22. The molecule has 0 aliphatic carbocycles. The van der Waals surface area contributed by atoms with Crippen LogP contribution >= 0.6 is 11.3 Å². The van der Waals surface area contributed by atoms with Gasteiger partial charge in [-0.15, -0.1) is 11.3 Å². The molecule has 1 aliphatic rings. The lowest BCUT2D eigenvalue weighted by Crippen LogP contribution is -2.57. The van der Waals surface area contributed by atoms with E-state index in [1.165, 1.54) is 4.88 Å². The summed E-state index contributed by atoms with van der Waals surface area (Å²) in [5.74, 6) is 0. The van der Waals surface area contributed by atoms with E-state index in [9.17, 15) is 4.79 Å². The number of carbonyl (C=O) groups excluding carboxylic acids is 1. The Bertz CT molecular complexity index is 504. The first-order valence-electron chi connectivity index (χ1n) is 8.77. The number of nitrogens with one attached hydrogen (secondary N) is 1. The molecule has 24 heavy (non-hydrogen) atoms. The van der Waals surface area contributed by atoms with Crippen molar-refractivity contribution in [2.45, 2.75) is 38.6 Å². The molecule has 0 saturated carbocycles. The molecule has 1 N–H and O–H groups in total. The molecule has 0 radical (unpaired) electrons.